The molecule has 1 aromatic carbocycles. The number of rotatable bonds is 3. The van der Waals surface area contributed by atoms with Crippen LogP contribution in [-0.4, -0.2) is 37.0 Å². The molecule has 1 aliphatic heterocycles. The summed E-state index contributed by atoms with van der Waals surface area (Å²) in [6.45, 7) is 1.69. The fourth-order valence-corrected chi connectivity index (χ4v) is 2.85. The van der Waals surface area contributed by atoms with Crippen molar-refractivity contribution in [2.45, 2.75) is 18.9 Å². The van der Waals surface area contributed by atoms with Gasteiger partial charge in [-0.3, -0.25) is 4.79 Å². The standard InChI is InChI=1S/C15H18N2O2/c1-16-9-11-5-4-8-17(11)15(18)13-10-19-14-7-3-2-6-12(13)14/h2-3,6-7,10-11,16H,4-5,8-9H2,1H3. The van der Waals surface area contributed by atoms with Crippen molar-refractivity contribution in [3.05, 3.63) is 36.1 Å². The van der Waals surface area contributed by atoms with Crippen LogP contribution in [0.5, 0.6) is 0 Å². The van der Waals surface area contributed by atoms with Crippen molar-refractivity contribution in [3.8, 4) is 0 Å². The first-order chi connectivity index (χ1) is 9.31. The Balaban J connectivity index is 1.91. The molecule has 1 amide bonds. The largest absolute Gasteiger partial charge is 0.463 e. The van der Waals surface area contributed by atoms with Gasteiger partial charge >= 0.3 is 0 Å². The van der Waals surface area contributed by atoms with Crippen LogP contribution in [0.15, 0.2) is 34.9 Å². The monoisotopic (exact) mass is 258 g/mol. The third-order valence-electron chi connectivity index (χ3n) is 3.79. The molecule has 0 saturated carbocycles. The highest BCUT2D eigenvalue weighted by atomic mass is 16.3. The molecule has 4 heteroatoms. The average Bonchev–Trinajstić information content (AvgIpc) is 3.04. The van der Waals surface area contributed by atoms with Gasteiger partial charge in [0.1, 0.15) is 11.8 Å². The molecule has 0 radical (unpaired) electrons. The smallest absolute Gasteiger partial charge is 0.258 e. The molecule has 1 N–H and O–H groups in total. The maximum absolute atomic E-state index is 12.6. The molecule has 1 saturated heterocycles. The van der Waals surface area contributed by atoms with Crippen molar-refractivity contribution in [1.29, 1.82) is 0 Å². The lowest BCUT2D eigenvalue weighted by Gasteiger charge is -2.24. The molecule has 1 atom stereocenters. The number of hydrogen-bond donors (Lipinski definition) is 1. The number of nitrogens with zero attached hydrogens (tertiary/aromatic N) is 1. The number of para-hydroxylation sites is 1. The lowest BCUT2D eigenvalue weighted by molar-refractivity contribution is 0.0738. The van der Waals surface area contributed by atoms with E-state index in [4.69, 9.17) is 4.42 Å². The van der Waals surface area contributed by atoms with Crippen LogP contribution in [0.4, 0.5) is 0 Å². The molecule has 1 fully saturated rings. The van der Waals surface area contributed by atoms with E-state index in [2.05, 4.69) is 5.32 Å². The fourth-order valence-electron chi connectivity index (χ4n) is 2.85. The highest BCUT2D eigenvalue weighted by Gasteiger charge is 2.30. The number of furan rings is 1. The number of carbonyl (C=O) groups is 1. The van der Waals surface area contributed by atoms with Crippen LogP contribution in [0, 0.1) is 0 Å². The molecular formula is C15H18N2O2. The predicted octanol–water partition coefficient (Wildman–Crippen LogP) is 2.26. The van der Waals surface area contributed by atoms with Crippen LogP contribution in [0.2, 0.25) is 0 Å². The summed E-state index contributed by atoms with van der Waals surface area (Å²) in [5, 5.41) is 4.06. The quantitative estimate of drug-likeness (QED) is 0.918. The van der Waals surface area contributed by atoms with E-state index in [1.807, 2.05) is 36.2 Å². The van der Waals surface area contributed by atoms with Crippen molar-refractivity contribution < 1.29 is 9.21 Å². The Kier molecular flexibility index (Phi) is 3.25. The summed E-state index contributed by atoms with van der Waals surface area (Å²) in [6, 6.07) is 7.98. The van der Waals surface area contributed by atoms with E-state index in [9.17, 15) is 4.79 Å². The maximum atomic E-state index is 12.6. The molecular weight excluding hydrogens is 240 g/mol. The van der Waals surface area contributed by atoms with E-state index in [0.29, 0.717) is 11.6 Å². The summed E-state index contributed by atoms with van der Waals surface area (Å²) in [5.74, 6) is 0.0858. The molecule has 4 nitrogen and oxygen atoms in total. The third kappa shape index (κ3) is 2.12. The number of likely N-dealkylation sites (N-methyl/N-ethyl adjacent to an activating group) is 1. The van der Waals surface area contributed by atoms with E-state index >= 15 is 0 Å². The minimum Gasteiger partial charge on any atom is -0.463 e. The Hall–Kier alpha value is -1.81. The van der Waals surface area contributed by atoms with Crippen LogP contribution in [-0.2, 0) is 0 Å². The van der Waals surface area contributed by atoms with Crippen molar-refractivity contribution >= 4 is 16.9 Å². The first-order valence-electron chi connectivity index (χ1n) is 6.73. The first kappa shape index (κ1) is 12.2. The minimum atomic E-state index is 0.0858. The summed E-state index contributed by atoms with van der Waals surface area (Å²) < 4.78 is 5.46. The van der Waals surface area contributed by atoms with Gasteiger partial charge in [0.2, 0.25) is 0 Å². The number of fused-ring (bicyclic) bond motifs is 1. The van der Waals surface area contributed by atoms with Crippen molar-refractivity contribution in [3.63, 3.8) is 0 Å². The SMILES string of the molecule is CNCC1CCCN1C(=O)c1coc2ccccc12. The number of nitrogens with one attached hydrogen (secondary N) is 1. The van der Waals surface area contributed by atoms with E-state index < -0.39 is 0 Å². The van der Waals surface area contributed by atoms with Crippen LogP contribution in [0.1, 0.15) is 23.2 Å². The molecule has 3 rings (SSSR count). The van der Waals surface area contributed by atoms with Crippen LogP contribution in [0.3, 0.4) is 0 Å². The van der Waals surface area contributed by atoms with E-state index in [-0.39, 0.29) is 5.91 Å². The predicted molar refractivity (Wildman–Crippen MR) is 74.2 cm³/mol. The first-order valence-corrected chi connectivity index (χ1v) is 6.73. The Bertz CT molecular complexity index is 591. The van der Waals surface area contributed by atoms with Gasteiger partial charge in [-0.1, -0.05) is 18.2 Å². The summed E-state index contributed by atoms with van der Waals surface area (Å²) >= 11 is 0. The normalized spacial score (nSPS) is 19.2. The van der Waals surface area contributed by atoms with Gasteiger partial charge in [0.05, 0.1) is 5.56 Å². The van der Waals surface area contributed by atoms with Crippen molar-refractivity contribution in [2.75, 3.05) is 20.1 Å². The number of amides is 1. The van der Waals surface area contributed by atoms with Crippen LogP contribution in [0.25, 0.3) is 11.0 Å². The van der Waals surface area contributed by atoms with E-state index in [1.54, 1.807) is 6.26 Å². The zero-order valence-corrected chi connectivity index (χ0v) is 11.1. The Labute approximate surface area is 112 Å². The Morgan fingerprint density at radius 2 is 2.32 bits per heavy atom. The highest BCUT2D eigenvalue weighted by molar-refractivity contribution is 6.06. The zero-order valence-electron chi connectivity index (χ0n) is 11.1. The third-order valence-corrected chi connectivity index (χ3v) is 3.79. The summed E-state index contributed by atoms with van der Waals surface area (Å²) in [7, 11) is 1.92. The molecule has 19 heavy (non-hydrogen) atoms. The molecule has 1 unspecified atom stereocenters. The fraction of sp³-hybridized carbons (Fsp3) is 0.400. The second-order valence-electron chi connectivity index (χ2n) is 5.00. The Morgan fingerprint density at radius 1 is 1.47 bits per heavy atom. The minimum absolute atomic E-state index is 0.0858. The molecule has 2 aromatic rings. The molecule has 2 heterocycles. The van der Waals surface area contributed by atoms with E-state index in [1.165, 1.54) is 0 Å². The number of hydrogen-bond acceptors (Lipinski definition) is 3. The molecule has 0 spiro atoms. The van der Waals surface area contributed by atoms with Crippen molar-refractivity contribution in [1.82, 2.24) is 10.2 Å². The van der Waals surface area contributed by atoms with E-state index in [0.717, 1.165) is 36.9 Å². The lowest BCUT2D eigenvalue weighted by Crippen LogP contribution is -2.40. The molecule has 100 valence electrons. The van der Waals surface area contributed by atoms with Crippen LogP contribution >= 0.6 is 0 Å². The number of benzene rings is 1. The molecule has 1 aliphatic rings. The summed E-state index contributed by atoms with van der Waals surface area (Å²) in [5.41, 5.74) is 1.45. The number of carbonyl (C=O) groups excluding carboxylic acids is 1. The molecule has 0 bridgehead atoms. The van der Waals surface area contributed by atoms with Crippen LogP contribution < -0.4 is 5.32 Å². The van der Waals surface area contributed by atoms with Gasteiger partial charge in [0.25, 0.3) is 5.91 Å². The van der Waals surface area contributed by atoms with Gasteiger partial charge in [-0.15, -0.1) is 0 Å². The maximum Gasteiger partial charge on any atom is 0.258 e. The highest BCUT2D eigenvalue weighted by Crippen LogP contribution is 2.25. The Morgan fingerprint density at radius 3 is 3.16 bits per heavy atom. The van der Waals surface area contributed by atoms with Gasteiger partial charge in [-0.05, 0) is 26.0 Å². The lowest BCUT2D eigenvalue weighted by atomic mass is 10.1. The topological polar surface area (TPSA) is 45.5 Å². The summed E-state index contributed by atoms with van der Waals surface area (Å²) in [6.07, 6.45) is 3.73. The second-order valence-corrected chi connectivity index (χ2v) is 5.00. The van der Waals surface area contributed by atoms with Gasteiger partial charge in [0.15, 0.2) is 0 Å². The zero-order chi connectivity index (χ0) is 13.2. The van der Waals surface area contributed by atoms with Gasteiger partial charge < -0.3 is 14.6 Å². The number of likely N-dealkylation sites (tertiary alicyclic amines) is 1. The molecule has 1 aromatic heterocycles. The van der Waals surface area contributed by atoms with Gasteiger partial charge in [0, 0.05) is 24.5 Å². The summed E-state index contributed by atoms with van der Waals surface area (Å²) in [4.78, 5) is 14.6. The second kappa shape index (κ2) is 5.05. The average molecular weight is 258 g/mol. The molecule has 0 aliphatic carbocycles. The van der Waals surface area contributed by atoms with Crippen molar-refractivity contribution in [2.24, 2.45) is 0 Å². The van der Waals surface area contributed by atoms with Gasteiger partial charge in [-0.2, -0.15) is 0 Å². The van der Waals surface area contributed by atoms with Gasteiger partial charge in [-0.25, -0.2) is 0 Å².